The minimum absolute atomic E-state index is 0.580. The smallest absolute Gasteiger partial charge is 0.133 e. The summed E-state index contributed by atoms with van der Waals surface area (Å²) in [6.45, 7) is 1.63. The number of pyridine rings is 1. The zero-order valence-electron chi connectivity index (χ0n) is 8.11. The topological polar surface area (TPSA) is 24.9 Å². The van der Waals surface area contributed by atoms with E-state index in [2.05, 4.69) is 27.8 Å². The number of nitrogens with zero attached hydrogens (tertiary/aromatic N) is 1. The lowest BCUT2D eigenvalue weighted by Gasteiger charge is -2.04. The van der Waals surface area contributed by atoms with E-state index in [0.29, 0.717) is 5.15 Å². The number of halogens is 1. The van der Waals surface area contributed by atoms with Crippen LogP contribution < -0.4 is 5.32 Å². The molecule has 0 aliphatic heterocycles. The van der Waals surface area contributed by atoms with Gasteiger partial charge in [-0.1, -0.05) is 23.7 Å². The van der Waals surface area contributed by atoms with Crippen LogP contribution in [-0.4, -0.2) is 4.98 Å². The molecular weight excluding hydrogens is 228 g/mol. The van der Waals surface area contributed by atoms with Crippen LogP contribution in [0.15, 0.2) is 35.8 Å². The molecule has 0 fully saturated rings. The molecule has 2 nitrogen and oxygen atoms in total. The SMILES string of the molecule is Clc1ncccc1CNCc1cccs1. The molecule has 0 saturated heterocycles. The van der Waals surface area contributed by atoms with E-state index in [9.17, 15) is 0 Å². The normalized spacial score (nSPS) is 10.5. The van der Waals surface area contributed by atoms with Gasteiger partial charge in [-0.05, 0) is 17.5 Å². The zero-order chi connectivity index (χ0) is 10.5. The quantitative estimate of drug-likeness (QED) is 0.828. The summed E-state index contributed by atoms with van der Waals surface area (Å²) in [6, 6.07) is 8.05. The van der Waals surface area contributed by atoms with E-state index in [1.807, 2.05) is 12.1 Å². The first-order valence-corrected chi connectivity index (χ1v) is 5.94. The van der Waals surface area contributed by atoms with Crippen molar-refractivity contribution in [1.29, 1.82) is 0 Å². The number of nitrogens with one attached hydrogen (secondary N) is 1. The van der Waals surface area contributed by atoms with E-state index in [4.69, 9.17) is 11.6 Å². The Morgan fingerprint density at radius 3 is 2.93 bits per heavy atom. The fourth-order valence-corrected chi connectivity index (χ4v) is 2.15. The van der Waals surface area contributed by atoms with Crippen LogP contribution >= 0.6 is 22.9 Å². The summed E-state index contributed by atoms with van der Waals surface area (Å²) in [4.78, 5) is 5.35. The van der Waals surface area contributed by atoms with Gasteiger partial charge in [0.25, 0.3) is 0 Å². The molecule has 0 aromatic carbocycles. The van der Waals surface area contributed by atoms with Crippen LogP contribution in [-0.2, 0) is 13.1 Å². The van der Waals surface area contributed by atoms with E-state index in [-0.39, 0.29) is 0 Å². The zero-order valence-corrected chi connectivity index (χ0v) is 9.68. The minimum Gasteiger partial charge on any atom is -0.308 e. The van der Waals surface area contributed by atoms with Crippen molar-refractivity contribution in [3.05, 3.63) is 51.4 Å². The number of hydrogen-bond donors (Lipinski definition) is 1. The molecule has 2 aromatic rings. The first-order valence-electron chi connectivity index (χ1n) is 4.69. The maximum absolute atomic E-state index is 5.94. The Balaban J connectivity index is 1.86. The first-order chi connectivity index (χ1) is 7.36. The molecule has 0 unspecified atom stereocenters. The summed E-state index contributed by atoms with van der Waals surface area (Å²) in [7, 11) is 0. The highest BCUT2D eigenvalue weighted by Gasteiger charge is 1.99. The third-order valence-electron chi connectivity index (χ3n) is 2.03. The van der Waals surface area contributed by atoms with Gasteiger partial charge in [-0.15, -0.1) is 11.3 Å². The summed E-state index contributed by atoms with van der Waals surface area (Å²) in [5.74, 6) is 0. The summed E-state index contributed by atoms with van der Waals surface area (Å²) < 4.78 is 0. The van der Waals surface area contributed by atoms with Gasteiger partial charge >= 0.3 is 0 Å². The second-order valence-corrected chi connectivity index (χ2v) is 4.53. The lowest BCUT2D eigenvalue weighted by atomic mass is 10.3. The molecule has 0 radical (unpaired) electrons. The van der Waals surface area contributed by atoms with Gasteiger partial charge in [0.15, 0.2) is 0 Å². The van der Waals surface area contributed by atoms with Gasteiger partial charge in [-0.3, -0.25) is 0 Å². The van der Waals surface area contributed by atoms with Gasteiger partial charge in [-0.2, -0.15) is 0 Å². The molecule has 78 valence electrons. The van der Waals surface area contributed by atoms with Crippen LogP contribution in [0.2, 0.25) is 5.15 Å². The molecule has 0 saturated carbocycles. The molecule has 0 atom stereocenters. The summed E-state index contributed by atoms with van der Waals surface area (Å²) in [6.07, 6.45) is 1.70. The van der Waals surface area contributed by atoms with E-state index >= 15 is 0 Å². The predicted molar refractivity (Wildman–Crippen MR) is 64.1 cm³/mol. The number of rotatable bonds is 4. The molecule has 2 rings (SSSR count). The lowest BCUT2D eigenvalue weighted by Crippen LogP contribution is -2.12. The van der Waals surface area contributed by atoms with Crippen molar-refractivity contribution in [2.75, 3.05) is 0 Å². The second-order valence-electron chi connectivity index (χ2n) is 3.14. The molecule has 0 aliphatic rings. The van der Waals surface area contributed by atoms with Crippen LogP contribution in [0.4, 0.5) is 0 Å². The Morgan fingerprint density at radius 2 is 2.20 bits per heavy atom. The van der Waals surface area contributed by atoms with Crippen molar-refractivity contribution in [2.45, 2.75) is 13.1 Å². The molecule has 1 N–H and O–H groups in total. The van der Waals surface area contributed by atoms with Crippen LogP contribution in [0.5, 0.6) is 0 Å². The highest BCUT2D eigenvalue weighted by molar-refractivity contribution is 7.09. The Bertz CT molecular complexity index is 414. The van der Waals surface area contributed by atoms with Crippen LogP contribution in [0.25, 0.3) is 0 Å². The summed E-state index contributed by atoms with van der Waals surface area (Å²) in [5.41, 5.74) is 1.04. The van der Waals surface area contributed by atoms with Crippen LogP contribution in [0.3, 0.4) is 0 Å². The van der Waals surface area contributed by atoms with Gasteiger partial charge in [-0.25, -0.2) is 4.98 Å². The first kappa shape index (κ1) is 10.6. The van der Waals surface area contributed by atoms with Crippen LogP contribution in [0, 0.1) is 0 Å². The number of thiophene rings is 1. The number of aromatic nitrogens is 1. The van der Waals surface area contributed by atoms with E-state index < -0.39 is 0 Å². The summed E-state index contributed by atoms with van der Waals surface area (Å²) >= 11 is 7.69. The monoisotopic (exact) mass is 238 g/mol. The third kappa shape index (κ3) is 3.02. The fourth-order valence-electron chi connectivity index (χ4n) is 1.28. The largest absolute Gasteiger partial charge is 0.308 e. The van der Waals surface area contributed by atoms with Crippen molar-refractivity contribution in [1.82, 2.24) is 10.3 Å². The second kappa shape index (κ2) is 5.26. The molecule has 4 heteroatoms. The van der Waals surface area contributed by atoms with Gasteiger partial charge in [0.2, 0.25) is 0 Å². The highest BCUT2D eigenvalue weighted by atomic mass is 35.5. The average molecular weight is 239 g/mol. The predicted octanol–water partition coefficient (Wildman–Crippen LogP) is 3.09. The molecule has 2 aromatic heterocycles. The van der Waals surface area contributed by atoms with Gasteiger partial charge in [0.05, 0.1) is 0 Å². The van der Waals surface area contributed by atoms with Crippen molar-refractivity contribution in [3.8, 4) is 0 Å². The van der Waals surface area contributed by atoms with Gasteiger partial charge < -0.3 is 5.32 Å². The van der Waals surface area contributed by atoms with Gasteiger partial charge in [0, 0.05) is 29.7 Å². The average Bonchev–Trinajstić information content (AvgIpc) is 2.74. The molecule has 0 spiro atoms. The van der Waals surface area contributed by atoms with Gasteiger partial charge in [0.1, 0.15) is 5.15 Å². The Hall–Kier alpha value is -0.900. The third-order valence-corrected chi connectivity index (χ3v) is 3.25. The molecule has 15 heavy (non-hydrogen) atoms. The van der Waals surface area contributed by atoms with Crippen molar-refractivity contribution >= 4 is 22.9 Å². The Labute approximate surface area is 97.9 Å². The maximum atomic E-state index is 5.94. The van der Waals surface area contributed by atoms with Crippen molar-refractivity contribution in [2.24, 2.45) is 0 Å². The Morgan fingerprint density at radius 1 is 1.27 bits per heavy atom. The Kier molecular flexibility index (Phi) is 3.72. The standard InChI is InChI=1S/C11H11ClN2S/c12-11-9(3-1-5-14-11)7-13-8-10-4-2-6-15-10/h1-6,13H,7-8H2. The molecule has 0 aliphatic carbocycles. The van der Waals surface area contributed by atoms with E-state index in [1.54, 1.807) is 17.5 Å². The fraction of sp³-hybridized carbons (Fsp3) is 0.182. The van der Waals surface area contributed by atoms with Crippen LogP contribution in [0.1, 0.15) is 10.4 Å². The van der Waals surface area contributed by atoms with Crippen molar-refractivity contribution in [3.63, 3.8) is 0 Å². The highest BCUT2D eigenvalue weighted by Crippen LogP contribution is 2.12. The molecule has 2 heterocycles. The maximum Gasteiger partial charge on any atom is 0.133 e. The molecular formula is C11H11ClN2S. The lowest BCUT2D eigenvalue weighted by molar-refractivity contribution is 0.699. The molecule has 0 amide bonds. The molecule has 0 bridgehead atoms. The van der Waals surface area contributed by atoms with E-state index in [1.165, 1.54) is 4.88 Å². The minimum atomic E-state index is 0.580. The number of hydrogen-bond acceptors (Lipinski definition) is 3. The van der Waals surface area contributed by atoms with Crippen molar-refractivity contribution < 1.29 is 0 Å². The van der Waals surface area contributed by atoms with E-state index in [0.717, 1.165) is 18.7 Å². The summed E-state index contributed by atoms with van der Waals surface area (Å²) in [5, 5.41) is 5.99.